The molecule has 25 heavy (non-hydrogen) atoms. The highest BCUT2D eigenvalue weighted by molar-refractivity contribution is 5.39. The Morgan fingerprint density at radius 2 is 2.04 bits per heavy atom. The van der Waals surface area contributed by atoms with Gasteiger partial charge in [-0.3, -0.25) is 14.7 Å². The van der Waals surface area contributed by atoms with Gasteiger partial charge in [-0.1, -0.05) is 13.0 Å². The van der Waals surface area contributed by atoms with Crippen LogP contribution in [0, 0.1) is 12.8 Å². The Morgan fingerprint density at radius 1 is 1.32 bits per heavy atom. The zero-order valence-corrected chi connectivity index (χ0v) is 15.3. The molecule has 0 unspecified atom stereocenters. The van der Waals surface area contributed by atoms with Crippen LogP contribution in [-0.4, -0.2) is 32.6 Å². The van der Waals surface area contributed by atoms with Crippen molar-refractivity contribution in [3.63, 3.8) is 0 Å². The van der Waals surface area contributed by atoms with Crippen molar-refractivity contribution in [1.29, 1.82) is 0 Å². The Morgan fingerprint density at radius 3 is 2.64 bits per heavy atom. The molecule has 2 aromatic heterocycles. The number of likely N-dealkylation sites (tertiary alicyclic amines) is 1. The van der Waals surface area contributed by atoms with Gasteiger partial charge >= 0.3 is 0 Å². The summed E-state index contributed by atoms with van der Waals surface area (Å²) in [4.78, 5) is 19.9. The number of hydrogen-bond acceptors (Lipinski definition) is 4. The van der Waals surface area contributed by atoms with Gasteiger partial charge in [-0.05, 0) is 63.9 Å². The zero-order chi connectivity index (χ0) is 18.0. The summed E-state index contributed by atoms with van der Waals surface area (Å²) in [6.07, 6.45) is 3.94. The van der Waals surface area contributed by atoms with Crippen molar-refractivity contribution in [2.45, 2.75) is 46.2 Å². The molecule has 0 saturated carbocycles. The van der Waals surface area contributed by atoms with E-state index in [2.05, 4.69) is 16.8 Å². The smallest absolute Gasteiger partial charge is 0.259 e. The second kappa shape index (κ2) is 7.40. The van der Waals surface area contributed by atoms with Crippen LogP contribution in [0.25, 0.3) is 0 Å². The fourth-order valence-corrected chi connectivity index (χ4v) is 3.76. The van der Waals surface area contributed by atoms with Gasteiger partial charge in [0.2, 0.25) is 0 Å². The average molecular weight is 341 g/mol. The number of aromatic nitrogens is 2. The lowest BCUT2D eigenvalue weighted by Gasteiger charge is -2.36. The molecule has 3 rings (SSSR count). The molecule has 1 aliphatic heterocycles. The molecule has 5 heteroatoms. The number of rotatable bonds is 4. The van der Waals surface area contributed by atoms with Crippen LogP contribution in [0.3, 0.4) is 0 Å². The molecule has 1 saturated heterocycles. The topological polar surface area (TPSA) is 58.4 Å². The monoisotopic (exact) mass is 341 g/mol. The van der Waals surface area contributed by atoms with E-state index in [-0.39, 0.29) is 17.4 Å². The largest absolute Gasteiger partial charge is 0.507 e. The highest BCUT2D eigenvalue weighted by Gasteiger charge is 2.31. The summed E-state index contributed by atoms with van der Waals surface area (Å²) in [7, 11) is 0. The maximum Gasteiger partial charge on any atom is 0.259 e. The molecule has 5 nitrogen and oxygen atoms in total. The maximum atomic E-state index is 13.1. The third kappa shape index (κ3) is 3.47. The number of pyridine rings is 2. The second-order valence-electron chi connectivity index (χ2n) is 7.01. The van der Waals surface area contributed by atoms with Gasteiger partial charge in [0.1, 0.15) is 5.75 Å². The van der Waals surface area contributed by atoms with Crippen LogP contribution >= 0.6 is 0 Å². The van der Waals surface area contributed by atoms with E-state index < -0.39 is 0 Å². The molecule has 0 spiro atoms. The molecule has 2 aromatic rings. The molecule has 1 N–H and O–H groups in total. The first kappa shape index (κ1) is 17.7. The highest BCUT2D eigenvalue weighted by atomic mass is 16.3. The molecule has 1 fully saturated rings. The molecular formula is C20H27N3O2. The normalized spacial score (nSPS) is 17.6. The van der Waals surface area contributed by atoms with Crippen molar-refractivity contribution < 1.29 is 5.11 Å². The molecule has 0 aliphatic carbocycles. The van der Waals surface area contributed by atoms with Crippen molar-refractivity contribution in [3.05, 3.63) is 57.8 Å². The Labute approximate surface area is 148 Å². The number of aromatic hydroxyl groups is 1. The molecule has 0 bridgehead atoms. The van der Waals surface area contributed by atoms with Crippen LogP contribution in [0.1, 0.15) is 49.7 Å². The molecule has 0 aromatic carbocycles. The lowest BCUT2D eigenvalue weighted by Crippen LogP contribution is -2.40. The minimum Gasteiger partial charge on any atom is -0.507 e. The maximum absolute atomic E-state index is 13.1. The summed E-state index contributed by atoms with van der Waals surface area (Å²) >= 11 is 0. The fraction of sp³-hybridized carbons (Fsp3) is 0.500. The van der Waals surface area contributed by atoms with Crippen LogP contribution in [0.4, 0.5) is 0 Å². The quantitative estimate of drug-likeness (QED) is 0.928. The first-order valence-corrected chi connectivity index (χ1v) is 9.11. The number of piperidine rings is 1. The minimum absolute atomic E-state index is 0.0708. The average Bonchev–Trinajstić information content (AvgIpc) is 2.60. The highest BCUT2D eigenvalue weighted by Crippen LogP contribution is 2.34. The zero-order valence-electron chi connectivity index (χ0n) is 15.3. The van der Waals surface area contributed by atoms with Gasteiger partial charge in [0.25, 0.3) is 5.56 Å². The molecule has 1 atom stereocenters. The number of aryl methyl sites for hydroxylation is 1. The van der Waals surface area contributed by atoms with Gasteiger partial charge in [-0.25, -0.2) is 0 Å². The number of nitrogens with zero attached hydrogens (tertiary/aromatic N) is 3. The summed E-state index contributed by atoms with van der Waals surface area (Å²) < 4.78 is 1.72. The summed E-state index contributed by atoms with van der Waals surface area (Å²) in [5.41, 5.74) is 1.92. The molecular weight excluding hydrogens is 314 g/mol. The van der Waals surface area contributed by atoms with Crippen molar-refractivity contribution in [3.8, 4) is 5.75 Å². The summed E-state index contributed by atoms with van der Waals surface area (Å²) in [5, 5.41) is 10.6. The Hall–Kier alpha value is -2.14. The van der Waals surface area contributed by atoms with E-state index >= 15 is 0 Å². The van der Waals surface area contributed by atoms with Gasteiger partial charge in [0.05, 0.1) is 17.3 Å². The van der Waals surface area contributed by atoms with Crippen LogP contribution < -0.4 is 5.56 Å². The van der Waals surface area contributed by atoms with Gasteiger partial charge in [-0.15, -0.1) is 0 Å². The lowest BCUT2D eigenvalue weighted by atomic mass is 9.94. The first-order chi connectivity index (χ1) is 12.0. The fourth-order valence-electron chi connectivity index (χ4n) is 3.76. The van der Waals surface area contributed by atoms with E-state index in [1.807, 2.05) is 32.0 Å². The molecule has 3 heterocycles. The number of hydrogen-bond donors (Lipinski definition) is 1. The van der Waals surface area contributed by atoms with Crippen molar-refractivity contribution in [1.82, 2.24) is 14.5 Å². The van der Waals surface area contributed by atoms with Crippen LogP contribution in [0.15, 0.2) is 35.3 Å². The van der Waals surface area contributed by atoms with Gasteiger partial charge in [0.15, 0.2) is 0 Å². The second-order valence-corrected chi connectivity index (χ2v) is 7.01. The Kier molecular flexibility index (Phi) is 5.23. The third-order valence-corrected chi connectivity index (χ3v) is 5.26. The van der Waals surface area contributed by atoms with E-state index in [1.54, 1.807) is 16.8 Å². The summed E-state index contributed by atoms with van der Waals surface area (Å²) in [6, 6.07) is 7.14. The van der Waals surface area contributed by atoms with Crippen molar-refractivity contribution in [2.75, 3.05) is 13.1 Å². The van der Waals surface area contributed by atoms with Crippen LogP contribution in [-0.2, 0) is 6.54 Å². The molecule has 0 amide bonds. The van der Waals surface area contributed by atoms with Gasteiger partial charge < -0.3 is 9.67 Å². The van der Waals surface area contributed by atoms with Gasteiger partial charge in [-0.2, -0.15) is 0 Å². The Bertz CT molecular complexity index is 778. The third-order valence-electron chi connectivity index (χ3n) is 5.26. The van der Waals surface area contributed by atoms with E-state index in [1.165, 1.54) is 0 Å². The molecule has 0 radical (unpaired) electrons. The SMILES string of the molecule is CCn1c(C)cc(O)c([C@@H](c2ccccn2)N2CCC(C)CC2)c1=O. The molecule has 134 valence electrons. The van der Waals surface area contributed by atoms with Crippen molar-refractivity contribution in [2.24, 2.45) is 5.92 Å². The standard InChI is InChI=1S/C20H27N3O2/c1-4-23-15(3)13-17(24)18(20(23)25)19(16-7-5-6-10-21-16)22-11-8-14(2)9-12-22/h5-7,10,13-14,19,24H,4,8-9,11-12H2,1-3H3/t19-/m1/s1. The predicted molar refractivity (Wildman–Crippen MR) is 98.8 cm³/mol. The van der Waals surface area contributed by atoms with E-state index in [0.717, 1.165) is 37.3 Å². The molecule has 1 aliphatic rings. The van der Waals surface area contributed by atoms with Crippen molar-refractivity contribution >= 4 is 0 Å². The summed E-state index contributed by atoms with van der Waals surface area (Å²) in [6.45, 7) is 8.47. The Balaban J connectivity index is 2.14. The van der Waals surface area contributed by atoms with Crippen LogP contribution in [0.2, 0.25) is 0 Å². The van der Waals surface area contributed by atoms with Gasteiger partial charge in [0, 0.05) is 18.4 Å². The summed E-state index contributed by atoms with van der Waals surface area (Å²) in [5.74, 6) is 0.765. The minimum atomic E-state index is -0.306. The van der Waals surface area contributed by atoms with Crippen LogP contribution in [0.5, 0.6) is 5.75 Å². The lowest BCUT2D eigenvalue weighted by molar-refractivity contribution is 0.152. The first-order valence-electron chi connectivity index (χ1n) is 9.11. The van der Waals surface area contributed by atoms with E-state index in [9.17, 15) is 9.90 Å². The predicted octanol–water partition coefficient (Wildman–Crippen LogP) is 3.10. The van der Waals surface area contributed by atoms with E-state index in [0.29, 0.717) is 18.0 Å². The van der Waals surface area contributed by atoms with E-state index in [4.69, 9.17) is 0 Å².